The summed E-state index contributed by atoms with van der Waals surface area (Å²) >= 11 is 0. The highest BCUT2D eigenvalue weighted by molar-refractivity contribution is 8.93. The molecule has 0 amide bonds. The van der Waals surface area contributed by atoms with Gasteiger partial charge in [0.2, 0.25) is 0 Å². The minimum Gasteiger partial charge on any atom is -0.454 e. The number of carbonyl (C=O) groups is 1. The second-order valence-corrected chi connectivity index (χ2v) is 14.2. The molecule has 0 radical (unpaired) electrons. The first-order valence-corrected chi connectivity index (χ1v) is 19.0. The normalized spacial score (nSPS) is 16.8. The Kier molecular flexibility index (Phi) is 16.2. The number of aryl methyl sites for hydroxylation is 1. The van der Waals surface area contributed by atoms with Crippen LogP contribution in [0.3, 0.4) is 0 Å². The van der Waals surface area contributed by atoms with E-state index < -0.39 is 6.10 Å². The summed E-state index contributed by atoms with van der Waals surface area (Å²) in [5.41, 5.74) is 2.91. The Hall–Kier alpha value is -2.59. The Balaban J connectivity index is 0.00000541. The molecule has 0 N–H and O–H groups in total. The highest BCUT2D eigenvalue weighted by Crippen LogP contribution is 2.33. The molecule has 1 fully saturated rings. The number of likely N-dealkylation sites (tertiary alicyclic amines) is 1. The predicted octanol–water partition coefficient (Wildman–Crippen LogP) is 9.69. The Morgan fingerprint density at radius 1 is 0.939 bits per heavy atom. The largest absolute Gasteiger partial charge is 0.454 e. The summed E-state index contributed by atoms with van der Waals surface area (Å²) in [6.07, 6.45) is 20.5. The number of piperidine rings is 1. The Bertz CT molecular complexity index is 1520. The highest BCUT2D eigenvalue weighted by atomic mass is 79.9. The van der Waals surface area contributed by atoms with Gasteiger partial charge in [-0.3, -0.25) is 14.2 Å². The monoisotopic (exact) mass is 744 g/mol. The maximum Gasteiger partial charge on any atom is 0.306 e. The fraction of sp³-hybridized carbons (Fsp3) is 0.692. The average molecular weight is 746 g/mol. The van der Waals surface area contributed by atoms with Crippen molar-refractivity contribution in [3.05, 3.63) is 57.1 Å². The lowest BCUT2D eigenvalue weighted by Gasteiger charge is -2.31. The van der Waals surface area contributed by atoms with Crippen LogP contribution in [-0.4, -0.2) is 45.2 Å². The van der Waals surface area contributed by atoms with Gasteiger partial charge >= 0.3 is 5.97 Å². The Morgan fingerprint density at radius 2 is 1.59 bits per heavy atom. The molecule has 10 heteroatoms. The number of halogens is 2. The molecule has 1 aromatic carbocycles. The zero-order valence-electron chi connectivity index (χ0n) is 29.9. The van der Waals surface area contributed by atoms with E-state index in [1.807, 2.05) is 6.92 Å². The molecule has 2 aromatic heterocycles. The number of hydrogen-bond acceptors (Lipinski definition) is 7. The molecular formula is C39H58BrFN4O4. The average Bonchev–Trinajstić information content (AvgIpc) is 3.50. The van der Waals surface area contributed by atoms with E-state index in [0.29, 0.717) is 37.2 Å². The van der Waals surface area contributed by atoms with Gasteiger partial charge in [-0.25, -0.2) is 9.37 Å². The van der Waals surface area contributed by atoms with Crippen molar-refractivity contribution in [3.8, 4) is 0 Å². The highest BCUT2D eigenvalue weighted by Gasteiger charge is 2.29. The molecule has 2 aliphatic rings. The minimum absolute atomic E-state index is 0. The van der Waals surface area contributed by atoms with Crippen LogP contribution in [0.25, 0.3) is 11.0 Å². The van der Waals surface area contributed by atoms with Gasteiger partial charge in [-0.15, -0.1) is 17.0 Å². The van der Waals surface area contributed by atoms with Crippen LogP contribution in [-0.2, 0) is 22.5 Å². The molecule has 272 valence electrons. The van der Waals surface area contributed by atoms with E-state index in [0.717, 1.165) is 74.1 Å². The third-order valence-corrected chi connectivity index (χ3v) is 10.5. The first-order valence-electron chi connectivity index (χ1n) is 19.0. The maximum atomic E-state index is 13.6. The van der Waals surface area contributed by atoms with Gasteiger partial charge in [0.25, 0.3) is 5.56 Å². The number of ether oxygens (including phenoxy) is 1. The molecular weight excluding hydrogens is 687 g/mol. The lowest BCUT2D eigenvalue weighted by atomic mass is 9.91. The zero-order valence-corrected chi connectivity index (χ0v) is 31.6. The number of hydrogen-bond donors (Lipinski definition) is 0. The van der Waals surface area contributed by atoms with Crippen LogP contribution in [0.1, 0.15) is 157 Å². The van der Waals surface area contributed by atoms with Crippen LogP contribution in [0.5, 0.6) is 0 Å². The van der Waals surface area contributed by atoms with Gasteiger partial charge < -0.3 is 14.2 Å². The van der Waals surface area contributed by atoms with Gasteiger partial charge in [0.15, 0.2) is 17.5 Å². The standard InChI is InChI=1S/C39H57FN4O4.BrH/c1-3-4-5-6-7-8-9-10-11-12-13-14-15-18-36(45)47-34-17-16-24-44-38(34)41-29(2)32(39(44)46)23-27-43-25-21-30(22-26-43)37-33-20-19-31(40)28-35(33)48-42-37;/h19-20,28,30,34H,3-18,21-27H2,1-2H3;1H. The molecule has 8 nitrogen and oxygen atoms in total. The van der Waals surface area contributed by atoms with Gasteiger partial charge in [-0.05, 0) is 70.7 Å². The van der Waals surface area contributed by atoms with Crippen molar-refractivity contribution in [2.75, 3.05) is 19.6 Å². The first-order chi connectivity index (χ1) is 23.4. The molecule has 4 heterocycles. The molecule has 0 bridgehead atoms. The van der Waals surface area contributed by atoms with Crippen LogP contribution in [0.2, 0.25) is 0 Å². The zero-order chi connectivity index (χ0) is 33.7. The number of unbranched alkanes of at least 4 members (excludes halogenated alkanes) is 12. The minimum atomic E-state index is -0.447. The number of benzene rings is 1. The topological polar surface area (TPSA) is 90.5 Å². The third kappa shape index (κ3) is 11.2. The SMILES string of the molecule is Br.CCCCCCCCCCCCCCCC(=O)OC1CCCn2c1nc(C)c(CCN1CCC(c3noc4cc(F)ccc34)CC1)c2=O. The van der Waals surface area contributed by atoms with Crippen LogP contribution >= 0.6 is 17.0 Å². The molecule has 5 rings (SSSR count). The summed E-state index contributed by atoms with van der Waals surface area (Å²) in [6, 6.07) is 4.61. The van der Waals surface area contributed by atoms with Crippen LogP contribution in [0.15, 0.2) is 27.5 Å². The van der Waals surface area contributed by atoms with E-state index >= 15 is 0 Å². The fourth-order valence-corrected chi connectivity index (χ4v) is 7.58. The van der Waals surface area contributed by atoms with Gasteiger partial charge in [0.05, 0.1) is 5.69 Å². The summed E-state index contributed by atoms with van der Waals surface area (Å²) in [4.78, 5) is 33.6. The number of rotatable bonds is 19. The van der Waals surface area contributed by atoms with E-state index in [4.69, 9.17) is 14.2 Å². The summed E-state index contributed by atoms with van der Waals surface area (Å²) in [5.74, 6) is 0.378. The van der Waals surface area contributed by atoms with Crippen molar-refractivity contribution in [1.29, 1.82) is 0 Å². The van der Waals surface area contributed by atoms with Crippen LogP contribution in [0.4, 0.5) is 4.39 Å². The quantitative estimate of drug-likeness (QED) is 0.0892. The van der Waals surface area contributed by atoms with Crippen molar-refractivity contribution >= 4 is 33.9 Å². The summed E-state index contributed by atoms with van der Waals surface area (Å²) < 4.78 is 26.6. The van der Waals surface area contributed by atoms with Gasteiger partial charge in [-0.2, -0.15) is 0 Å². The first kappa shape index (κ1) is 39.2. The third-order valence-electron chi connectivity index (χ3n) is 10.5. The van der Waals surface area contributed by atoms with Gasteiger partial charge in [0, 0.05) is 48.1 Å². The van der Waals surface area contributed by atoms with E-state index in [9.17, 15) is 14.0 Å². The molecule has 3 aromatic rings. The molecule has 2 aliphatic heterocycles. The Labute approximate surface area is 302 Å². The van der Waals surface area contributed by atoms with Crippen LogP contribution < -0.4 is 5.56 Å². The molecule has 1 saturated heterocycles. The molecule has 49 heavy (non-hydrogen) atoms. The number of nitrogens with zero attached hydrogens (tertiary/aromatic N) is 4. The molecule has 0 saturated carbocycles. The lowest BCUT2D eigenvalue weighted by molar-refractivity contribution is -0.151. The van der Waals surface area contributed by atoms with Gasteiger partial charge in [0.1, 0.15) is 5.82 Å². The number of aromatic nitrogens is 3. The summed E-state index contributed by atoms with van der Waals surface area (Å²) in [7, 11) is 0. The Morgan fingerprint density at radius 3 is 2.27 bits per heavy atom. The molecule has 0 spiro atoms. The second kappa shape index (κ2) is 20.3. The molecule has 1 unspecified atom stereocenters. The predicted molar refractivity (Wildman–Crippen MR) is 198 cm³/mol. The molecule has 1 atom stereocenters. The number of fused-ring (bicyclic) bond motifs is 2. The van der Waals surface area contributed by atoms with Crippen molar-refractivity contribution in [3.63, 3.8) is 0 Å². The van der Waals surface area contributed by atoms with E-state index in [-0.39, 0.29) is 40.2 Å². The lowest BCUT2D eigenvalue weighted by Crippen LogP contribution is -2.38. The van der Waals surface area contributed by atoms with E-state index in [1.165, 1.54) is 82.8 Å². The number of carbonyl (C=O) groups excluding carboxylic acids is 1. The summed E-state index contributed by atoms with van der Waals surface area (Å²) in [6.45, 7) is 7.37. The van der Waals surface area contributed by atoms with Crippen molar-refractivity contribution in [1.82, 2.24) is 19.6 Å². The summed E-state index contributed by atoms with van der Waals surface area (Å²) in [5, 5.41) is 5.16. The van der Waals surface area contributed by atoms with Crippen molar-refractivity contribution in [2.24, 2.45) is 0 Å². The van der Waals surface area contributed by atoms with E-state index in [2.05, 4.69) is 17.0 Å². The van der Waals surface area contributed by atoms with E-state index in [1.54, 1.807) is 10.6 Å². The number of esters is 1. The van der Waals surface area contributed by atoms with Crippen molar-refractivity contribution in [2.45, 2.75) is 154 Å². The maximum absolute atomic E-state index is 13.6. The second-order valence-electron chi connectivity index (χ2n) is 14.2. The van der Waals surface area contributed by atoms with Gasteiger partial charge in [-0.1, -0.05) is 89.1 Å². The fourth-order valence-electron chi connectivity index (χ4n) is 7.58. The van der Waals surface area contributed by atoms with Crippen molar-refractivity contribution < 1.29 is 18.4 Å². The van der Waals surface area contributed by atoms with Crippen LogP contribution in [0, 0.1) is 12.7 Å². The smallest absolute Gasteiger partial charge is 0.306 e. The molecule has 0 aliphatic carbocycles.